The van der Waals surface area contributed by atoms with E-state index < -0.39 is 0 Å². The van der Waals surface area contributed by atoms with Gasteiger partial charge in [0, 0.05) is 26.2 Å². The van der Waals surface area contributed by atoms with Crippen LogP contribution in [0, 0.1) is 6.92 Å². The molecule has 6 heteroatoms. The van der Waals surface area contributed by atoms with Crippen LogP contribution in [-0.4, -0.2) is 55.3 Å². The van der Waals surface area contributed by atoms with Gasteiger partial charge >= 0.3 is 6.03 Å². The minimum atomic E-state index is -0.0501. The van der Waals surface area contributed by atoms with E-state index in [0.29, 0.717) is 6.54 Å². The summed E-state index contributed by atoms with van der Waals surface area (Å²) in [5, 5.41) is 3.00. The van der Waals surface area contributed by atoms with E-state index >= 15 is 0 Å². The number of aryl methyl sites for hydroxylation is 1. The van der Waals surface area contributed by atoms with E-state index in [9.17, 15) is 4.79 Å². The number of hydrogen-bond donors (Lipinski definition) is 1. The van der Waals surface area contributed by atoms with Crippen molar-refractivity contribution in [2.24, 2.45) is 0 Å². The third-order valence-corrected chi connectivity index (χ3v) is 4.85. The van der Waals surface area contributed by atoms with Gasteiger partial charge in [-0.3, -0.25) is 0 Å². The van der Waals surface area contributed by atoms with Crippen molar-refractivity contribution < 1.29 is 9.53 Å². The molecule has 0 aromatic carbocycles. The smallest absolute Gasteiger partial charge is 0.322 e. The molecule has 130 valence electrons. The Bertz CT molecular complexity index is 650. The highest BCUT2D eigenvalue weighted by molar-refractivity contribution is 5.90. The Morgan fingerprint density at radius 2 is 1.88 bits per heavy atom. The van der Waals surface area contributed by atoms with E-state index in [1.807, 2.05) is 24.0 Å². The summed E-state index contributed by atoms with van der Waals surface area (Å²) < 4.78 is 5.38. The van der Waals surface area contributed by atoms with Gasteiger partial charge < -0.3 is 19.9 Å². The molecule has 0 saturated carbocycles. The molecule has 2 amide bonds. The molecule has 3 heterocycles. The van der Waals surface area contributed by atoms with E-state index in [2.05, 4.69) is 29.0 Å². The van der Waals surface area contributed by atoms with Crippen LogP contribution in [0.3, 0.4) is 0 Å². The van der Waals surface area contributed by atoms with Crippen LogP contribution in [0.15, 0.2) is 23.3 Å². The van der Waals surface area contributed by atoms with E-state index in [1.54, 1.807) is 0 Å². The summed E-state index contributed by atoms with van der Waals surface area (Å²) in [4.78, 5) is 21.2. The Hall–Kier alpha value is -2.08. The lowest BCUT2D eigenvalue weighted by Gasteiger charge is -2.30. The fraction of sp³-hybridized carbons (Fsp3) is 0.556. The molecule has 2 aliphatic heterocycles. The van der Waals surface area contributed by atoms with Crippen LogP contribution in [0.1, 0.15) is 26.0 Å². The Morgan fingerprint density at radius 3 is 2.54 bits per heavy atom. The summed E-state index contributed by atoms with van der Waals surface area (Å²) >= 11 is 0. The second-order valence-electron chi connectivity index (χ2n) is 6.56. The van der Waals surface area contributed by atoms with Gasteiger partial charge in [-0.1, -0.05) is 11.1 Å². The van der Waals surface area contributed by atoms with Crippen LogP contribution in [0.2, 0.25) is 0 Å². The molecule has 1 aromatic heterocycles. The number of carbonyl (C=O) groups excluding carboxylic acids is 1. The average Bonchev–Trinajstić information content (AvgIpc) is 2.59. The third kappa shape index (κ3) is 3.70. The zero-order chi connectivity index (χ0) is 17.1. The molecule has 0 atom stereocenters. The highest BCUT2D eigenvalue weighted by Crippen LogP contribution is 2.21. The molecule has 0 spiro atoms. The van der Waals surface area contributed by atoms with Crippen molar-refractivity contribution in [3.05, 3.63) is 29.0 Å². The maximum Gasteiger partial charge on any atom is 0.322 e. The summed E-state index contributed by atoms with van der Waals surface area (Å²) in [6, 6.07) is 3.87. The quantitative estimate of drug-likeness (QED) is 0.847. The molecule has 3 rings (SSSR count). The molecule has 0 radical (unpaired) electrons. The normalized spacial score (nSPS) is 18.8. The summed E-state index contributed by atoms with van der Waals surface area (Å²) in [6.45, 7) is 10.8. The summed E-state index contributed by atoms with van der Waals surface area (Å²) in [5.74, 6) is 0.946. The van der Waals surface area contributed by atoms with Crippen molar-refractivity contribution in [3.63, 3.8) is 0 Å². The fourth-order valence-corrected chi connectivity index (χ4v) is 3.03. The maximum absolute atomic E-state index is 12.5. The highest BCUT2D eigenvalue weighted by Gasteiger charge is 2.20. The lowest BCUT2D eigenvalue weighted by molar-refractivity contribution is 0.122. The minimum Gasteiger partial charge on any atom is -0.378 e. The average molecular weight is 330 g/mol. The largest absolute Gasteiger partial charge is 0.378 e. The van der Waals surface area contributed by atoms with Crippen molar-refractivity contribution >= 4 is 17.5 Å². The number of urea groups is 1. The predicted octanol–water partition coefficient (Wildman–Crippen LogP) is 2.80. The number of nitrogens with one attached hydrogen (secondary N) is 1. The van der Waals surface area contributed by atoms with Crippen molar-refractivity contribution in [1.82, 2.24) is 9.88 Å². The van der Waals surface area contributed by atoms with Gasteiger partial charge in [0.1, 0.15) is 5.82 Å². The van der Waals surface area contributed by atoms with Crippen LogP contribution in [0.25, 0.3) is 0 Å². The first kappa shape index (κ1) is 16.8. The van der Waals surface area contributed by atoms with Crippen LogP contribution in [-0.2, 0) is 4.74 Å². The van der Waals surface area contributed by atoms with Gasteiger partial charge in [0.15, 0.2) is 0 Å². The number of amides is 2. The van der Waals surface area contributed by atoms with Gasteiger partial charge in [-0.15, -0.1) is 0 Å². The molecular formula is C18H26N4O2. The predicted molar refractivity (Wildman–Crippen MR) is 95.6 cm³/mol. The zero-order valence-electron chi connectivity index (χ0n) is 14.8. The molecule has 6 nitrogen and oxygen atoms in total. The van der Waals surface area contributed by atoms with E-state index in [1.165, 1.54) is 11.1 Å². The molecule has 1 fully saturated rings. The van der Waals surface area contributed by atoms with E-state index in [-0.39, 0.29) is 6.03 Å². The number of morpholine rings is 1. The van der Waals surface area contributed by atoms with Crippen LogP contribution in [0.4, 0.5) is 16.3 Å². The lowest BCUT2D eigenvalue weighted by Crippen LogP contribution is -2.39. The van der Waals surface area contributed by atoms with Crippen molar-refractivity contribution in [1.29, 1.82) is 0 Å². The van der Waals surface area contributed by atoms with Crippen LogP contribution >= 0.6 is 0 Å². The summed E-state index contributed by atoms with van der Waals surface area (Å²) in [6.07, 6.45) is 0.951. The molecule has 1 saturated heterocycles. The van der Waals surface area contributed by atoms with Gasteiger partial charge in [-0.2, -0.15) is 0 Å². The zero-order valence-corrected chi connectivity index (χ0v) is 14.8. The summed E-state index contributed by atoms with van der Waals surface area (Å²) in [5.41, 5.74) is 4.30. The topological polar surface area (TPSA) is 57.7 Å². The number of anilines is 2. The molecule has 0 unspecified atom stereocenters. The molecular weight excluding hydrogens is 304 g/mol. The number of rotatable bonds is 2. The van der Waals surface area contributed by atoms with Crippen molar-refractivity contribution in [2.75, 3.05) is 49.6 Å². The van der Waals surface area contributed by atoms with Crippen LogP contribution < -0.4 is 10.2 Å². The Kier molecular flexibility index (Phi) is 5.04. The first-order valence-electron chi connectivity index (χ1n) is 8.56. The molecule has 0 bridgehead atoms. The fourth-order valence-electron chi connectivity index (χ4n) is 3.03. The Labute approximate surface area is 143 Å². The van der Waals surface area contributed by atoms with Gasteiger partial charge in [0.05, 0.1) is 24.6 Å². The van der Waals surface area contributed by atoms with Crippen LogP contribution in [0.5, 0.6) is 0 Å². The van der Waals surface area contributed by atoms with Crippen molar-refractivity contribution in [2.45, 2.75) is 27.2 Å². The SMILES string of the molecule is CC1=C(C)CN(C(=O)Nc2ccc(N3CCOCC3)nc2C)CC1. The van der Waals surface area contributed by atoms with Gasteiger partial charge in [-0.25, -0.2) is 9.78 Å². The number of carbonyl (C=O) groups is 1. The number of ether oxygens (including phenoxy) is 1. The minimum absolute atomic E-state index is 0.0501. The van der Waals surface area contributed by atoms with Crippen molar-refractivity contribution in [3.8, 4) is 0 Å². The Balaban J connectivity index is 1.66. The first-order chi connectivity index (χ1) is 11.5. The number of aromatic nitrogens is 1. The molecule has 1 aromatic rings. The lowest BCUT2D eigenvalue weighted by atomic mass is 10.0. The highest BCUT2D eigenvalue weighted by atomic mass is 16.5. The Morgan fingerprint density at radius 1 is 1.12 bits per heavy atom. The first-order valence-corrected chi connectivity index (χ1v) is 8.56. The van der Waals surface area contributed by atoms with Gasteiger partial charge in [0.2, 0.25) is 0 Å². The summed E-state index contributed by atoms with van der Waals surface area (Å²) in [7, 11) is 0. The third-order valence-electron chi connectivity index (χ3n) is 4.85. The number of hydrogen-bond acceptors (Lipinski definition) is 4. The molecule has 2 aliphatic rings. The molecule has 24 heavy (non-hydrogen) atoms. The second-order valence-corrected chi connectivity index (χ2v) is 6.56. The standard InChI is InChI=1S/C18H26N4O2/c1-13-6-7-22(12-14(13)2)18(23)20-16-4-5-17(19-15(16)3)21-8-10-24-11-9-21/h4-5H,6-12H2,1-3H3,(H,20,23). The van der Waals surface area contributed by atoms with E-state index in [0.717, 1.165) is 56.5 Å². The number of nitrogens with zero attached hydrogens (tertiary/aromatic N) is 3. The number of pyridine rings is 1. The molecule has 0 aliphatic carbocycles. The second kappa shape index (κ2) is 7.21. The van der Waals surface area contributed by atoms with E-state index in [4.69, 9.17) is 4.74 Å². The molecule has 1 N–H and O–H groups in total. The van der Waals surface area contributed by atoms with Gasteiger partial charge in [-0.05, 0) is 39.3 Å². The van der Waals surface area contributed by atoms with Gasteiger partial charge in [0.25, 0.3) is 0 Å². The maximum atomic E-state index is 12.5. The monoisotopic (exact) mass is 330 g/mol.